The molecule has 0 saturated carbocycles. The Kier molecular flexibility index (Phi) is 4.80. The van der Waals surface area contributed by atoms with E-state index in [0.717, 1.165) is 13.1 Å². The summed E-state index contributed by atoms with van der Waals surface area (Å²) < 4.78 is 5.33. The molecule has 100 valence electrons. The van der Waals surface area contributed by atoms with Crippen molar-refractivity contribution in [2.75, 3.05) is 20.1 Å². The highest BCUT2D eigenvalue weighted by molar-refractivity contribution is 5.67. The van der Waals surface area contributed by atoms with Crippen molar-refractivity contribution in [3.05, 3.63) is 0 Å². The highest BCUT2D eigenvalue weighted by Gasteiger charge is 2.25. The maximum atomic E-state index is 11.8. The van der Waals surface area contributed by atoms with E-state index in [-0.39, 0.29) is 6.09 Å². The lowest BCUT2D eigenvalue weighted by atomic mass is 10.0. The van der Waals surface area contributed by atoms with E-state index < -0.39 is 5.60 Å². The van der Waals surface area contributed by atoms with E-state index in [2.05, 4.69) is 12.2 Å². The summed E-state index contributed by atoms with van der Waals surface area (Å²) >= 11 is 0. The normalized spacial score (nSPS) is 22.3. The zero-order chi connectivity index (χ0) is 13.1. The Bertz CT molecular complexity index is 255. The molecular formula is C13H26N2O2. The van der Waals surface area contributed by atoms with Gasteiger partial charge in [0.25, 0.3) is 0 Å². The van der Waals surface area contributed by atoms with Crippen LogP contribution in [0.2, 0.25) is 0 Å². The standard InChI is InChI=1S/C13H26N2O2/c1-10(11-7-6-8-14-11)9-15(5)12(16)17-13(2,3)4/h10-11,14H,6-9H2,1-5H3. The van der Waals surface area contributed by atoms with Crippen molar-refractivity contribution in [1.29, 1.82) is 0 Å². The molecule has 0 spiro atoms. The fraction of sp³-hybridized carbons (Fsp3) is 0.923. The number of carbonyl (C=O) groups excluding carboxylic acids is 1. The number of nitrogens with zero attached hydrogens (tertiary/aromatic N) is 1. The van der Waals surface area contributed by atoms with E-state index in [1.807, 2.05) is 20.8 Å². The van der Waals surface area contributed by atoms with Crippen LogP contribution in [0.1, 0.15) is 40.5 Å². The first-order valence-corrected chi connectivity index (χ1v) is 6.47. The second-order valence-corrected chi connectivity index (χ2v) is 6.04. The van der Waals surface area contributed by atoms with E-state index in [1.165, 1.54) is 12.8 Å². The van der Waals surface area contributed by atoms with Crippen LogP contribution in [0.3, 0.4) is 0 Å². The Labute approximate surface area is 105 Å². The molecule has 17 heavy (non-hydrogen) atoms. The van der Waals surface area contributed by atoms with Crippen molar-refractivity contribution in [3.63, 3.8) is 0 Å². The van der Waals surface area contributed by atoms with Crippen molar-refractivity contribution < 1.29 is 9.53 Å². The fourth-order valence-corrected chi connectivity index (χ4v) is 2.17. The molecule has 4 nitrogen and oxygen atoms in total. The van der Waals surface area contributed by atoms with E-state index in [4.69, 9.17) is 4.74 Å². The second-order valence-electron chi connectivity index (χ2n) is 6.04. The molecular weight excluding hydrogens is 216 g/mol. The topological polar surface area (TPSA) is 41.6 Å². The zero-order valence-corrected chi connectivity index (χ0v) is 11.7. The first-order valence-electron chi connectivity index (χ1n) is 6.47. The van der Waals surface area contributed by atoms with Gasteiger partial charge in [0.05, 0.1) is 0 Å². The molecule has 0 aromatic rings. The lowest BCUT2D eigenvalue weighted by Crippen LogP contribution is -2.41. The Morgan fingerprint density at radius 2 is 2.18 bits per heavy atom. The SMILES string of the molecule is CC(CN(C)C(=O)OC(C)(C)C)C1CCCN1. The van der Waals surface area contributed by atoms with Gasteiger partial charge in [0.2, 0.25) is 0 Å². The molecule has 0 radical (unpaired) electrons. The average molecular weight is 242 g/mol. The predicted octanol–water partition coefficient (Wildman–Crippen LogP) is 2.24. The third kappa shape index (κ3) is 4.94. The quantitative estimate of drug-likeness (QED) is 0.825. The Morgan fingerprint density at radius 3 is 2.65 bits per heavy atom. The van der Waals surface area contributed by atoms with Gasteiger partial charge in [-0.3, -0.25) is 0 Å². The van der Waals surface area contributed by atoms with Crippen LogP contribution in [0.15, 0.2) is 0 Å². The van der Waals surface area contributed by atoms with Crippen LogP contribution in [0, 0.1) is 5.92 Å². The van der Waals surface area contributed by atoms with Gasteiger partial charge in [-0.25, -0.2) is 4.79 Å². The summed E-state index contributed by atoms with van der Waals surface area (Å²) in [7, 11) is 1.81. The van der Waals surface area contributed by atoms with E-state index in [0.29, 0.717) is 12.0 Å². The molecule has 1 fully saturated rings. The van der Waals surface area contributed by atoms with Gasteiger partial charge in [0, 0.05) is 19.6 Å². The van der Waals surface area contributed by atoms with Crippen LogP contribution in [0.4, 0.5) is 4.79 Å². The van der Waals surface area contributed by atoms with Gasteiger partial charge >= 0.3 is 6.09 Å². The summed E-state index contributed by atoms with van der Waals surface area (Å²) in [6.45, 7) is 9.70. The van der Waals surface area contributed by atoms with Gasteiger partial charge in [-0.1, -0.05) is 6.92 Å². The highest BCUT2D eigenvalue weighted by atomic mass is 16.6. The van der Waals surface area contributed by atoms with E-state index >= 15 is 0 Å². The highest BCUT2D eigenvalue weighted by Crippen LogP contribution is 2.16. The minimum Gasteiger partial charge on any atom is -0.444 e. The van der Waals surface area contributed by atoms with Crippen LogP contribution >= 0.6 is 0 Å². The number of nitrogens with one attached hydrogen (secondary N) is 1. The van der Waals surface area contributed by atoms with Gasteiger partial charge in [0.15, 0.2) is 0 Å². The molecule has 1 heterocycles. The number of amides is 1. The zero-order valence-electron chi connectivity index (χ0n) is 11.7. The first kappa shape index (κ1) is 14.3. The molecule has 1 N–H and O–H groups in total. The maximum Gasteiger partial charge on any atom is 0.410 e. The number of rotatable bonds is 3. The van der Waals surface area contributed by atoms with Crippen LogP contribution in [0.5, 0.6) is 0 Å². The largest absolute Gasteiger partial charge is 0.444 e. The maximum absolute atomic E-state index is 11.8. The van der Waals surface area contributed by atoms with Gasteiger partial charge in [0.1, 0.15) is 5.60 Å². The fourth-order valence-electron chi connectivity index (χ4n) is 2.17. The van der Waals surface area contributed by atoms with Crippen molar-refractivity contribution >= 4 is 6.09 Å². The monoisotopic (exact) mass is 242 g/mol. The van der Waals surface area contributed by atoms with Gasteiger partial charge in [-0.15, -0.1) is 0 Å². The van der Waals surface area contributed by atoms with Crippen molar-refractivity contribution in [3.8, 4) is 0 Å². The lowest BCUT2D eigenvalue weighted by Gasteiger charge is -2.28. The summed E-state index contributed by atoms with van der Waals surface area (Å²) in [6.07, 6.45) is 2.22. The summed E-state index contributed by atoms with van der Waals surface area (Å²) in [6, 6.07) is 0.542. The van der Waals surface area contributed by atoms with Gasteiger partial charge in [-0.2, -0.15) is 0 Å². The molecule has 0 aliphatic carbocycles. The minimum atomic E-state index is -0.416. The number of ether oxygens (including phenoxy) is 1. The minimum absolute atomic E-state index is 0.234. The number of carbonyl (C=O) groups is 1. The third-order valence-electron chi connectivity index (χ3n) is 3.05. The summed E-state index contributed by atoms with van der Waals surface area (Å²) in [5.41, 5.74) is -0.416. The van der Waals surface area contributed by atoms with E-state index in [9.17, 15) is 4.79 Å². The summed E-state index contributed by atoms with van der Waals surface area (Å²) in [5, 5.41) is 3.47. The molecule has 1 aliphatic heterocycles. The molecule has 0 aromatic carbocycles. The van der Waals surface area contributed by atoms with Crippen LogP contribution in [0.25, 0.3) is 0 Å². The van der Waals surface area contributed by atoms with Crippen LogP contribution < -0.4 is 5.32 Å². The molecule has 2 unspecified atom stereocenters. The van der Waals surface area contributed by atoms with Crippen LogP contribution in [-0.2, 0) is 4.74 Å². The Balaban J connectivity index is 2.37. The first-order chi connectivity index (χ1) is 7.79. The van der Waals surface area contributed by atoms with Crippen molar-refractivity contribution in [1.82, 2.24) is 10.2 Å². The number of hydrogen-bond acceptors (Lipinski definition) is 3. The average Bonchev–Trinajstić information content (AvgIpc) is 2.67. The summed E-state index contributed by atoms with van der Waals surface area (Å²) in [4.78, 5) is 13.5. The molecule has 1 aliphatic rings. The third-order valence-corrected chi connectivity index (χ3v) is 3.05. The Morgan fingerprint density at radius 1 is 1.53 bits per heavy atom. The van der Waals surface area contributed by atoms with E-state index in [1.54, 1.807) is 11.9 Å². The molecule has 1 rings (SSSR count). The summed E-state index contributed by atoms with van der Waals surface area (Å²) in [5.74, 6) is 0.468. The molecule has 1 amide bonds. The van der Waals surface area contributed by atoms with Crippen molar-refractivity contribution in [2.45, 2.75) is 52.2 Å². The number of hydrogen-bond donors (Lipinski definition) is 1. The Hall–Kier alpha value is -0.770. The van der Waals surface area contributed by atoms with Gasteiger partial charge < -0.3 is 15.0 Å². The molecule has 4 heteroatoms. The molecule has 1 saturated heterocycles. The van der Waals surface area contributed by atoms with Crippen molar-refractivity contribution in [2.24, 2.45) is 5.92 Å². The smallest absolute Gasteiger partial charge is 0.410 e. The molecule has 0 bridgehead atoms. The molecule has 0 aromatic heterocycles. The predicted molar refractivity (Wildman–Crippen MR) is 69.1 cm³/mol. The van der Waals surface area contributed by atoms with Gasteiger partial charge in [-0.05, 0) is 46.1 Å². The second kappa shape index (κ2) is 5.71. The van der Waals surface area contributed by atoms with Crippen LogP contribution in [-0.4, -0.2) is 42.8 Å². The lowest BCUT2D eigenvalue weighted by molar-refractivity contribution is 0.0269. The molecule has 2 atom stereocenters.